The lowest BCUT2D eigenvalue weighted by molar-refractivity contribution is 0.0915. The summed E-state index contributed by atoms with van der Waals surface area (Å²) in [5, 5.41) is 6.65. The summed E-state index contributed by atoms with van der Waals surface area (Å²) in [6.45, 7) is 4.27. The van der Waals surface area contributed by atoms with Gasteiger partial charge < -0.3 is 15.1 Å². The van der Waals surface area contributed by atoms with Gasteiger partial charge in [0.25, 0.3) is 5.91 Å². The molecule has 5 heteroatoms. The van der Waals surface area contributed by atoms with Crippen LogP contribution >= 0.6 is 0 Å². The van der Waals surface area contributed by atoms with Crippen molar-refractivity contribution in [3.8, 4) is 0 Å². The van der Waals surface area contributed by atoms with Crippen LogP contribution in [0.5, 0.6) is 0 Å². The predicted octanol–water partition coefficient (Wildman–Crippen LogP) is 1.83. The molecule has 0 bridgehead atoms. The van der Waals surface area contributed by atoms with Gasteiger partial charge in [-0.15, -0.1) is 0 Å². The van der Waals surface area contributed by atoms with Crippen LogP contribution in [0, 0.1) is 18.7 Å². The molecule has 1 saturated heterocycles. The number of hydrogen-bond acceptors (Lipinski definition) is 3. The molecule has 0 spiro atoms. The Hall–Kier alpha value is -1.88. The standard InChI is InChI=1S/C14H15FN2O2/c1-8-11-4-10(15)2-3-12(11)19-13(8)14(18)17-7-9-5-16-6-9/h2-4,9,16H,5-7H2,1H3,(H,17,18). The number of carbonyl (C=O) groups is 1. The fourth-order valence-electron chi connectivity index (χ4n) is 2.22. The van der Waals surface area contributed by atoms with E-state index in [1.165, 1.54) is 12.1 Å². The van der Waals surface area contributed by atoms with E-state index in [1.807, 2.05) is 0 Å². The number of furan rings is 1. The van der Waals surface area contributed by atoms with E-state index in [4.69, 9.17) is 4.42 Å². The average molecular weight is 262 g/mol. The van der Waals surface area contributed by atoms with E-state index in [-0.39, 0.29) is 17.5 Å². The number of benzene rings is 1. The Labute approximate surface area is 110 Å². The zero-order valence-electron chi connectivity index (χ0n) is 10.6. The van der Waals surface area contributed by atoms with Crippen LogP contribution in [-0.4, -0.2) is 25.5 Å². The molecule has 100 valence electrons. The molecule has 0 atom stereocenters. The minimum Gasteiger partial charge on any atom is -0.451 e. The van der Waals surface area contributed by atoms with Gasteiger partial charge >= 0.3 is 0 Å². The number of carbonyl (C=O) groups excluding carboxylic acids is 1. The SMILES string of the molecule is Cc1c(C(=O)NCC2CNC2)oc2ccc(F)cc12. The zero-order valence-corrected chi connectivity index (χ0v) is 10.6. The third-order valence-corrected chi connectivity index (χ3v) is 3.52. The van der Waals surface area contributed by atoms with Gasteiger partial charge in [0, 0.05) is 36.5 Å². The topological polar surface area (TPSA) is 54.3 Å². The summed E-state index contributed by atoms with van der Waals surface area (Å²) in [7, 11) is 0. The van der Waals surface area contributed by atoms with Gasteiger partial charge in [0.15, 0.2) is 5.76 Å². The normalized spacial score (nSPS) is 15.5. The minimum atomic E-state index is -0.330. The van der Waals surface area contributed by atoms with Crippen LogP contribution in [0.4, 0.5) is 4.39 Å². The largest absolute Gasteiger partial charge is 0.451 e. The van der Waals surface area contributed by atoms with E-state index in [2.05, 4.69) is 10.6 Å². The van der Waals surface area contributed by atoms with Crippen molar-refractivity contribution in [3.63, 3.8) is 0 Å². The van der Waals surface area contributed by atoms with Gasteiger partial charge in [-0.25, -0.2) is 4.39 Å². The van der Waals surface area contributed by atoms with E-state index < -0.39 is 0 Å². The predicted molar refractivity (Wildman–Crippen MR) is 69.6 cm³/mol. The lowest BCUT2D eigenvalue weighted by Crippen LogP contribution is -2.48. The van der Waals surface area contributed by atoms with Gasteiger partial charge in [0.1, 0.15) is 11.4 Å². The highest BCUT2D eigenvalue weighted by Crippen LogP contribution is 2.25. The molecule has 2 heterocycles. The number of fused-ring (bicyclic) bond motifs is 1. The number of halogens is 1. The van der Waals surface area contributed by atoms with Crippen LogP contribution in [-0.2, 0) is 0 Å². The molecule has 3 rings (SSSR count). The van der Waals surface area contributed by atoms with Crippen molar-refractivity contribution in [2.45, 2.75) is 6.92 Å². The summed E-state index contributed by atoms with van der Waals surface area (Å²) in [5.41, 5.74) is 1.22. The van der Waals surface area contributed by atoms with E-state index in [0.717, 1.165) is 13.1 Å². The van der Waals surface area contributed by atoms with E-state index in [1.54, 1.807) is 13.0 Å². The number of amides is 1. The minimum absolute atomic E-state index is 0.235. The first-order valence-corrected chi connectivity index (χ1v) is 6.32. The highest BCUT2D eigenvalue weighted by molar-refractivity contribution is 5.98. The first-order valence-electron chi connectivity index (χ1n) is 6.32. The monoisotopic (exact) mass is 262 g/mol. The Morgan fingerprint density at radius 1 is 1.53 bits per heavy atom. The molecule has 0 aliphatic carbocycles. The highest BCUT2D eigenvalue weighted by Gasteiger charge is 2.21. The van der Waals surface area contributed by atoms with Crippen molar-refractivity contribution in [1.29, 1.82) is 0 Å². The second kappa shape index (κ2) is 4.66. The van der Waals surface area contributed by atoms with Gasteiger partial charge in [-0.3, -0.25) is 4.79 Å². The van der Waals surface area contributed by atoms with Crippen LogP contribution in [0.1, 0.15) is 16.1 Å². The molecular weight excluding hydrogens is 247 g/mol. The number of aryl methyl sites for hydroxylation is 1. The van der Waals surface area contributed by atoms with E-state index in [9.17, 15) is 9.18 Å². The molecule has 1 aromatic carbocycles. The Kier molecular flexibility index (Phi) is 2.98. The molecule has 0 saturated carbocycles. The number of nitrogens with one attached hydrogen (secondary N) is 2. The average Bonchev–Trinajstić information content (AvgIpc) is 2.65. The summed E-state index contributed by atoms with van der Waals surface area (Å²) in [6, 6.07) is 4.26. The van der Waals surface area contributed by atoms with Gasteiger partial charge in [-0.05, 0) is 25.1 Å². The second-order valence-electron chi connectivity index (χ2n) is 4.93. The van der Waals surface area contributed by atoms with Gasteiger partial charge in [-0.1, -0.05) is 0 Å². The van der Waals surface area contributed by atoms with Crippen molar-refractivity contribution in [1.82, 2.24) is 10.6 Å². The van der Waals surface area contributed by atoms with E-state index in [0.29, 0.717) is 29.0 Å². The third kappa shape index (κ3) is 2.21. The molecular formula is C14H15FN2O2. The number of rotatable bonds is 3. The van der Waals surface area contributed by atoms with Gasteiger partial charge in [0.05, 0.1) is 0 Å². The lowest BCUT2D eigenvalue weighted by Gasteiger charge is -2.26. The highest BCUT2D eigenvalue weighted by atomic mass is 19.1. The van der Waals surface area contributed by atoms with Crippen LogP contribution in [0.15, 0.2) is 22.6 Å². The van der Waals surface area contributed by atoms with E-state index >= 15 is 0 Å². The van der Waals surface area contributed by atoms with Crippen LogP contribution in [0.25, 0.3) is 11.0 Å². The molecule has 1 aliphatic heterocycles. The first-order chi connectivity index (χ1) is 9.15. The molecule has 1 fully saturated rings. The van der Waals surface area contributed by atoms with Crippen molar-refractivity contribution in [3.05, 3.63) is 35.3 Å². The molecule has 2 N–H and O–H groups in total. The summed E-state index contributed by atoms with van der Waals surface area (Å²) < 4.78 is 18.7. The summed E-state index contributed by atoms with van der Waals surface area (Å²) >= 11 is 0. The van der Waals surface area contributed by atoms with Crippen molar-refractivity contribution >= 4 is 16.9 Å². The van der Waals surface area contributed by atoms with Crippen LogP contribution < -0.4 is 10.6 Å². The zero-order chi connectivity index (χ0) is 13.4. The summed E-state index contributed by atoms with van der Waals surface area (Å²) in [6.07, 6.45) is 0. The first kappa shape index (κ1) is 12.2. The Bertz CT molecular complexity index is 632. The fourth-order valence-corrected chi connectivity index (χ4v) is 2.22. The smallest absolute Gasteiger partial charge is 0.287 e. The number of hydrogen-bond donors (Lipinski definition) is 2. The fraction of sp³-hybridized carbons (Fsp3) is 0.357. The third-order valence-electron chi connectivity index (χ3n) is 3.52. The Morgan fingerprint density at radius 3 is 3.00 bits per heavy atom. The molecule has 2 aromatic rings. The molecule has 0 unspecified atom stereocenters. The maximum Gasteiger partial charge on any atom is 0.287 e. The Balaban J connectivity index is 1.83. The molecule has 0 radical (unpaired) electrons. The van der Waals surface area contributed by atoms with Crippen LogP contribution in [0.2, 0.25) is 0 Å². The lowest BCUT2D eigenvalue weighted by atomic mass is 10.0. The second-order valence-corrected chi connectivity index (χ2v) is 4.93. The quantitative estimate of drug-likeness (QED) is 0.887. The Morgan fingerprint density at radius 2 is 2.32 bits per heavy atom. The summed E-state index contributed by atoms with van der Waals surface area (Å²) in [4.78, 5) is 12.0. The molecule has 1 aromatic heterocycles. The molecule has 1 aliphatic rings. The molecule has 1 amide bonds. The van der Waals surface area contributed by atoms with Crippen LogP contribution in [0.3, 0.4) is 0 Å². The molecule has 4 nitrogen and oxygen atoms in total. The maximum atomic E-state index is 13.2. The molecule has 19 heavy (non-hydrogen) atoms. The van der Waals surface area contributed by atoms with Crippen molar-refractivity contribution < 1.29 is 13.6 Å². The van der Waals surface area contributed by atoms with Crippen molar-refractivity contribution in [2.24, 2.45) is 5.92 Å². The summed E-state index contributed by atoms with van der Waals surface area (Å²) in [5.74, 6) is 0.198. The van der Waals surface area contributed by atoms with Crippen molar-refractivity contribution in [2.75, 3.05) is 19.6 Å². The van der Waals surface area contributed by atoms with Gasteiger partial charge in [0.2, 0.25) is 0 Å². The maximum absolute atomic E-state index is 13.2. The van der Waals surface area contributed by atoms with Gasteiger partial charge in [-0.2, -0.15) is 0 Å².